The largest absolute Gasteiger partial charge is 0.389 e. The van der Waals surface area contributed by atoms with Gasteiger partial charge in [-0.15, -0.1) is 11.3 Å². The predicted molar refractivity (Wildman–Crippen MR) is 126 cm³/mol. The van der Waals surface area contributed by atoms with Crippen molar-refractivity contribution in [2.45, 2.75) is 63.6 Å². The fourth-order valence-electron chi connectivity index (χ4n) is 5.86. The number of nitrogens with zero attached hydrogens (tertiary/aromatic N) is 1. The number of thiophene rings is 1. The summed E-state index contributed by atoms with van der Waals surface area (Å²) in [6, 6.07) is 0.197. The number of ketones is 1. The molecule has 1 saturated carbocycles. The second kappa shape index (κ2) is 9.14. The van der Waals surface area contributed by atoms with Gasteiger partial charge < -0.3 is 25.6 Å². The van der Waals surface area contributed by atoms with Gasteiger partial charge in [0.05, 0.1) is 16.3 Å². The summed E-state index contributed by atoms with van der Waals surface area (Å²) in [6.45, 7) is 1.82. The highest BCUT2D eigenvalue weighted by molar-refractivity contribution is 7.17. The number of amides is 3. The minimum absolute atomic E-state index is 0.0198. The molecule has 0 aromatic carbocycles. The zero-order valence-corrected chi connectivity index (χ0v) is 20.0. The van der Waals surface area contributed by atoms with Crippen LogP contribution in [0.5, 0.6) is 0 Å². The Labute approximate surface area is 201 Å². The SMILES string of the molecule is Cc1csc2cc(C(=O)N3C4CCC(CC4)[C@@H]3C(=O)N[C@@H](C[C@H]3CCNC3=O)C(=O)CO)[nH]c12. The quantitative estimate of drug-likeness (QED) is 0.471. The van der Waals surface area contributed by atoms with E-state index in [0.717, 1.165) is 41.5 Å². The molecule has 6 rings (SSSR count). The zero-order chi connectivity index (χ0) is 24.0. The lowest BCUT2D eigenvalue weighted by molar-refractivity contribution is -0.137. The lowest BCUT2D eigenvalue weighted by Crippen LogP contribution is -2.64. The van der Waals surface area contributed by atoms with E-state index in [2.05, 4.69) is 15.6 Å². The van der Waals surface area contributed by atoms with E-state index < -0.39 is 24.5 Å². The van der Waals surface area contributed by atoms with Crippen LogP contribution in [-0.2, 0) is 14.4 Å². The summed E-state index contributed by atoms with van der Waals surface area (Å²) < 4.78 is 1.01. The van der Waals surface area contributed by atoms with Crippen molar-refractivity contribution in [1.82, 2.24) is 20.5 Å². The van der Waals surface area contributed by atoms with Crippen LogP contribution in [0.3, 0.4) is 0 Å². The number of carbonyl (C=O) groups is 4. The van der Waals surface area contributed by atoms with Crippen LogP contribution in [0.2, 0.25) is 0 Å². The summed E-state index contributed by atoms with van der Waals surface area (Å²) >= 11 is 1.58. The molecule has 1 aliphatic carbocycles. The Hall–Kier alpha value is -2.72. The van der Waals surface area contributed by atoms with Crippen LogP contribution in [0.25, 0.3) is 10.2 Å². The smallest absolute Gasteiger partial charge is 0.271 e. The van der Waals surface area contributed by atoms with Crippen molar-refractivity contribution in [3.63, 3.8) is 0 Å². The summed E-state index contributed by atoms with van der Waals surface area (Å²) in [5.41, 5.74) is 2.50. The average molecular weight is 487 g/mol. The van der Waals surface area contributed by atoms with E-state index in [1.54, 1.807) is 16.2 Å². The zero-order valence-electron chi connectivity index (χ0n) is 19.1. The molecule has 3 atom stereocenters. The van der Waals surface area contributed by atoms with E-state index in [4.69, 9.17) is 0 Å². The number of rotatable bonds is 7. The van der Waals surface area contributed by atoms with Gasteiger partial charge in [0.1, 0.15) is 18.3 Å². The number of H-pyrrole nitrogens is 1. The van der Waals surface area contributed by atoms with E-state index in [0.29, 0.717) is 18.7 Å². The van der Waals surface area contributed by atoms with Crippen molar-refractivity contribution < 1.29 is 24.3 Å². The molecule has 4 N–H and O–H groups in total. The van der Waals surface area contributed by atoms with Gasteiger partial charge in [0.2, 0.25) is 11.8 Å². The third-order valence-corrected chi connectivity index (χ3v) is 8.74. The first-order valence-electron chi connectivity index (χ1n) is 12.0. The van der Waals surface area contributed by atoms with Crippen LogP contribution >= 0.6 is 11.3 Å². The number of fused-ring (bicyclic) bond motifs is 4. The number of aromatic nitrogens is 1. The summed E-state index contributed by atoms with van der Waals surface area (Å²) in [5, 5.41) is 17.1. The molecule has 4 aliphatic rings. The second-order valence-electron chi connectivity index (χ2n) is 9.76. The Bertz CT molecular complexity index is 1130. The predicted octanol–water partition coefficient (Wildman–Crippen LogP) is 1.49. The lowest BCUT2D eigenvalue weighted by atomic mass is 9.74. The van der Waals surface area contributed by atoms with Gasteiger partial charge in [0, 0.05) is 18.5 Å². The number of hydrogen-bond donors (Lipinski definition) is 4. The fourth-order valence-corrected chi connectivity index (χ4v) is 6.80. The number of Topliss-reactive ketones (excluding diaryl/α,β-unsaturated/α-hetero) is 1. The van der Waals surface area contributed by atoms with E-state index in [1.807, 2.05) is 18.4 Å². The number of aliphatic hydroxyl groups excluding tert-OH is 1. The van der Waals surface area contributed by atoms with Crippen molar-refractivity contribution in [2.24, 2.45) is 11.8 Å². The Balaban J connectivity index is 1.38. The second-order valence-corrected chi connectivity index (χ2v) is 10.7. The number of aromatic amines is 1. The maximum Gasteiger partial charge on any atom is 0.271 e. The minimum atomic E-state index is -0.956. The van der Waals surface area contributed by atoms with Crippen LogP contribution in [0, 0.1) is 18.8 Å². The first-order chi connectivity index (χ1) is 16.4. The van der Waals surface area contributed by atoms with E-state index in [9.17, 15) is 24.3 Å². The van der Waals surface area contributed by atoms with Gasteiger partial charge in [-0.05, 0) is 68.4 Å². The average Bonchev–Trinajstić information content (AvgIpc) is 3.55. The van der Waals surface area contributed by atoms with Crippen molar-refractivity contribution >= 4 is 45.1 Å². The maximum atomic E-state index is 13.6. The molecule has 0 radical (unpaired) electrons. The number of aliphatic hydroxyl groups is 1. The Morgan fingerprint density at radius 2 is 2.00 bits per heavy atom. The molecule has 2 aromatic rings. The molecule has 3 saturated heterocycles. The van der Waals surface area contributed by atoms with Gasteiger partial charge >= 0.3 is 0 Å². The van der Waals surface area contributed by atoms with E-state index >= 15 is 0 Å². The van der Waals surface area contributed by atoms with Gasteiger partial charge in [0.15, 0.2) is 5.78 Å². The molecular formula is C24H30N4O5S. The third-order valence-electron chi connectivity index (χ3n) is 7.70. The molecule has 34 heavy (non-hydrogen) atoms. The molecule has 0 unspecified atom stereocenters. The van der Waals surface area contributed by atoms with Crippen molar-refractivity contribution in [3.05, 3.63) is 22.7 Å². The molecule has 10 heteroatoms. The normalized spacial score (nSPS) is 27.1. The van der Waals surface area contributed by atoms with Crippen molar-refractivity contribution in [3.8, 4) is 0 Å². The number of carbonyl (C=O) groups excluding carboxylic acids is 4. The van der Waals surface area contributed by atoms with Gasteiger partial charge in [0.25, 0.3) is 5.91 Å². The molecular weight excluding hydrogens is 456 g/mol. The highest BCUT2D eigenvalue weighted by Crippen LogP contribution is 2.41. The molecule has 4 fully saturated rings. The summed E-state index contributed by atoms with van der Waals surface area (Å²) in [5.74, 6) is -1.59. The van der Waals surface area contributed by atoms with Gasteiger partial charge in [-0.2, -0.15) is 0 Å². The summed E-state index contributed by atoms with van der Waals surface area (Å²) in [7, 11) is 0. The van der Waals surface area contributed by atoms with Crippen LogP contribution < -0.4 is 10.6 Å². The Morgan fingerprint density at radius 1 is 1.24 bits per heavy atom. The molecule has 182 valence electrons. The molecule has 0 spiro atoms. The van der Waals surface area contributed by atoms with Gasteiger partial charge in [-0.1, -0.05) is 0 Å². The van der Waals surface area contributed by atoms with Gasteiger partial charge in [-0.25, -0.2) is 0 Å². The monoisotopic (exact) mass is 486 g/mol. The number of nitrogens with one attached hydrogen (secondary N) is 3. The van der Waals surface area contributed by atoms with Crippen molar-refractivity contribution in [2.75, 3.05) is 13.2 Å². The van der Waals surface area contributed by atoms with Crippen LogP contribution in [-0.4, -0.2) is 69.8 Å². The molecule has 9 nitrogen and oxygen atoms in total. The molecule has 2 bridgehead atoms. The number of piperidine rings is 2. The molecule has 3 amide bonds. The highest BCUT2D eigenvalue weighted by Gasteiger charge is 2.48. The van der Waals surface area contributed by atoms with E-state index in [-0.39, 0.29) is 42.0 Å². The Morgan fingerprint density at radius 3 is 2.65 bits per heavy atom. The number of hydrogen-bond acceptors (Lipinski definition) is 6. The van der Waals surface area contributed by atoms with Crippen molar-refractivity contribution in [1.29, 1.82) is 0 Å². The Kier molecular flexibility index (Phi) is 6.20. The third kappa shape index (κ3) is 4.02. The fraction of sp³-hybridized carbons (Fsp3) is 0.583. The summed E-state index contributed by atoms with van der Waals surface area (Å²) in [4.78, 5) is 56.6. The van der Waals surface area contributed by atoms with Crippen LogP contribution in [0.15, 0.2) is 11.4 Å². The van der Waals surface area contributed by atoms with Gasteiger partial charge in [-0.3, -0.25) is 19.2 Å². The molecule has 2 aromatic heterocycles. The first kappa shape index (κ1) is 23.0. The molecule has 5 heterocycles. The minimum Gasteiger partial charge on any atom is -0.389 e. The number of aryl methyl sites for hydroxylation is 1. The standard InChI is InChI=1S/C24H30N4O5S/c1-12-11-34-19-9-17(26-20(12)19)24(33)28-15-4-2-13(3-5-15)21(28)23(32)27-16(18(30)10-29)8-14-6-7-25-22(14)31/h9,11,13-16,21,26,29H,2-8,10H2,1H3,(H,25,31)(H,27,32)/t13?,14-,15?,16+,21-/m1/s1. The highest BCUT2D eigenvalue weighted by atomic mass is 32.1. The topological polar surface area (TPSA) is 132 Å². The molecule has 3 aliphatic heterocycles. The maximum absolute atomic E-state index is 13.6. The summed E-state index contributed by atoms with van der Waals surface area (Å²) in [6.07, 6.45) is 4.17. The lowest BCUT2D eigenvalue weighted by Gasteiger charge is -2.50. The van der Waals surface area contributed by atoms with Crippen LogP contribution in [0.4, 0.5) is 0 Å². The van der Waals surface area contributed by atoms with Crippen LogP contribution in [0.1, 0.15) is 54.6 Å². The first-order valence-corrected chi connectivity index (χ1v) is 12.9. The van der Waals surface area contributed by atoms with E-state index in [1.165, 1.54) is 0 Å².